The lowest BCUT2D eigenvalue weighted by Gasteiger charge is -2.36. The first-order chi connectivity index (χ1) is 10.0. The topological polar surface area (TPSA) is 66.8 Å². The van der Waals surface area contributed by atoms with Crippen LogP contribution < -0.4 is 0 Å². The summed E-state index contributed by atoms with van der Waals surface area (Å²) in [5, 5.41) is 9.24. The van der Waals surface area contributed by atoms with Crippen molar-refractivity contribution in [2.45, 2.75) is 52.1 Å². The van der Waals surface area contributed by atoms with E-state index in [1.807, 2.05) is 4.90 Å². The number of carbonyl (C=O) groups excluding carboxylic acids is 1. The second-order valence-electron chi connectivity index (χ2n) is 6.50. The Labute approximate surface area is 126 Å². The van der Waals surface area contributed by atoms with Crippen molar-refractivity contribution in [1.29, 1.82) is 0 Å². The Morgan fingerprint density at radius 3 is 2.52 bits per heavy atom. The summed E-state index contributed by atoms with van der Waals surface area (Å²) in [6.45, 7) is 6.25. The number of carbonyl (C=O) groups is 2. The molecule has 1 N–H and O–H groups in total. The van der Waals surface area contributed by atoms with Crippen LogP contribution in [0.2, 0.25) is 0 Å². The second kappa shape index (κ2) is 7.25. The van der Waals surface area contributed by atoms with Crippen molar-refractivity contribution in [3.05, 3.63) is 0 Å². The highest BCUT2D eigenvalue weighted by Gasteiger charge is 2.40. The van der Waals surface area contributed by atoms with Gasteiger partial charge in [0, 0.05) is 26.1 Å². The molecule has 0 saturated carbocycles. The Hall–Kier alpha value is -1.10. The average molecular weight is 297 g/mol. The van der Waals surface area contributed by atoms with Gasteiger partial charge in [0.1, 0.15) is 0 Å². The van der Waals surface area contributed by atoms with Gasteiger partial charge in [-0.1, -0.05) is 20.3 Å². The largest absolute Gasteiger partial charge is 0.481 e. The van der Waals surface area contributed by atoms with Gasteiger partial charge in [-0.05, 0) is 31.1 Å². The van der Waals surface area contributed by atoms with Crippen molar-refractivity contribution in [3.8, 4) is 0 Å². The Morgan fingerprint density at radius 1 is 1.29 bits per heavy atom. The highest BCUT2D eigenvalue weighted by atomic mass is 16.5. The van der Waals surface area contributed by atoms with E-state index < -0.39 is 5.97 Å². The van der Waals surface area contributed by atoms with Gasteiger partial charge in [-0.25, -0.2) is 0 Å². The van der Waals surface area contributed by atoms with E-state index >= 15 is 0 Å². The molecular weight excluding hydrogens is 270 g/mol. The zero-order valence-corrected chi connectivity index (χ0v) is 13.1. The Kier molecular flexibility index (Phi) is 5.62. The highest BCUT2D eigenvalue weighted by molar-refractivity contribution is 5.76. The number of aliphatic carboxylic acids is 1. The molecule has 0 radical (unpaired) electrons. The molecule has 2 rings (SSSR count). The summed E-state index contributed by atoms with van der Waals surface area (Å²) in [6.07, 6.45) is 3.83. The van der Waals surface area contributed by atoms with Gasteiger partial charge in [0.2, 0.25) is 5.91 Å². The van der Waals surface area contributed by atoms with E-state index in [4.69, 9.17) is 4.74 Å². The van der Waals surface area contributed by atoms with Crippen LogP contribution in [0, 0.1) is 17.8 Å². The Balaban J connectivity index is 1.83. The molecule has 2 fully saturated rings. The van der Waals surface area contributed by atoms with Gasteiger partial charge >= 0.3 is 5.97 Å². The third kappa shape index (κ3) is 3.96. The van der Waals surface area contributed by atoms with E-state index in [-0.39, 0.29) is 23.8 Å². The van der Waals surface area contributed by atoms with Gasteiger partial charge in [0.15, 0.2) is 0 Å². The van der Waals surface area contributed by atoms with E-state index in [0.717, 1.165) is 32.4 Å². The van der Waals surface area contributed by atoms with Crippen molar-refractivity contribution in [2.24, 2.45) is 17.8 Å². The van der Waals surface area contributed by atoms with Crippen molar-refractivity contribution in [3.63, 3.8) is 0 Å². The molecular formula is C16H27NO4. The summed E-state index contributed by atoms with van der Waals surface area (Å²) in [4.78, 5) is 25.3. The highest BCUT2D eigenvalue weighted by Crippen LogP contribution is 2.33. The van der Waals surface area contributed by atoms with Crippen LogP contribution in [0.3, 0.4) is 0 Å². The molecule has 3 atom stereocenters. The molecule has 0 aromatic carbocycles. The third-order valence-corrected chi connectivity index (χ3v) is 5.03. The number of carboxylic acids is 1. The molecule has 5 heteroatoms. The number of carboxylic acid groups (broad SMARTS) is 1. The fourth-order valence-electron chi connectivity index (χ4n) is 3.39. The normalized spacial score (nSPS) is 28.6. The number of ether oxygens (including phenoxy) is 1. The molecule has 2 unspecified atom stereocenters. The van der Waals surface area contributed by atoms with Gasteiger partial charge in [-0.15, -0.1) is 0 Å². The van der Waals surface area contributed by atoms with Gasteiger partial charge in [0.25, 0.3) is 0 Å². The molecule has 21 heavy (non-hydrogen) atoms. The minimum Gasteiger partial charge on any atom is -0.481 e. The SMILES string of the molecule is CCC(C)CC(=O)N1CCC([C@@H]2OCCC2C(=O)O)CC1. The zero-order chi connectivity index (χ0) is 15.4. The minimum absolute atomic E-state index is 0.158. The first-order valence-corrected chi connectivity index (χ1v) is 8.15. The number of hydrogen-bond acceptors (Lipinski definition) is 3. The molecule has 1 amide bonds. The molecule has 5 nitrogen and oxygen atoms in total. The number of likely N-dealkylation sites (tertiary alicyclic amines) is 1. The predicted molar refractivity (Wildman–Crippen MR) is 78.9 cm³/mol. The summed E-state index contributed by atoms with van der Waals surface area (Å²) in [6, 6.07) is 0. The maximum atomic E-state index is 12.2. The molecule has 2 saturated heterocycles. The van der Waals surface area contributed by atoms with E-state index in [9.17, 15) is 14.7 Å². The number of rotatable bonds is 5. The van der Waals surface area contributed by atoms with Crippen molar-refractivity contribution in [2.75, 3.05) is 19.7 Å². The van der Waals surface area contributed by atoms with Crippen LogP contribution in [0.15, 0.2) is 0 Å². The molecule has 2 heterocycles. The minimum atomic E-state index is -0.743. The maximum absolute atomic E-state index is 12.2. The van der Waals surface area contributed by atoms with Crippen LogP contribution in [0.25, 0.3) is 0 Å². The molecule has 120 valence electrons. The van der Waals surface area contributed by atoms with Gasteiger partial charge in [-0.2, -0.15) is 0 Å². The van der Waals surface area contributed by atoms with Crippen LogP contribution in [0.1, 0.15) is 46.0 Å². The van der Waals surface area contributed by atoms with Crippen molar-refractivity contribution < 1.29 is 19.4 Å². The van der Waals surface area contributed by atoms with Crippen LogP contribution in [0.5, 0.6) is 0 Å². The van der Waals surface area contributed by atoms with Gasteiger partial charge < -0.3 is 14.7 Å². The Morgan fingerprint density at radius 2 is 1.95 bits per heavy atom. The smallest absolute Gasteiger partial charge is 0.309 e. The zero-order valence-electron chi connectivity index (χ0n) is 13.1. The lowest BCUT2D eigenvalue weighted by atomic mass is 9.84. The summed E-state index contributed by atoms with van der Waals surface area (Å²) >= 11 is 0. The fourth-order valence-corrected chi connectivity index (χ4v) is 3.39. The van der Waals surface area contributed by atoms with Gasteiger partial charge in [0.05, 0.1) is 12.0 Å². The predicted octanol–water partition coefficient (Wildman–Crippen LogP) is 2.15. The molecule has 2 aliphatic rings. The van der Waals surface area contributed by atoms with E-state index in [2.05, 4.69) is 13.8 Å². The third-order valence-electron chi connectivity index (χ3n) is 5.03. The van der Waals surface area contributed by atoms with Crippen molar-refractivity contribution in [1.82, 2.24) is 4.90 Å². The monoisotopic (exact) mass is 297 g/mol. The van der Waals surface area contributed by atoms with Crippen LogP contribution in [0.4, 0.5) is 0 Å². The quantitative estimate of drug-likeness (QED) is 0.844. The van der Waals surface area contributed by atoms with Crippen LogP contribution >= 0.6 is 0 Å². The molecule has 0 aromatic heterocycles. The number of piperidine rings is 1. The maximum Gasteiger partial charge on any atom is 0.309 e. The average Bonchev–Trinajstić information content (AvgIpc) is 2.96. The summed E-state index contributed by atoms with van der Waals surface area (Å²) in [5.41, 5.74) is 0. The van der Waals surface area contributed by atoms with E-state index in [0.29, 0.717) is 25.4 Å². The van der Waals surface area contributed by atoms with Crippen LogP contribution in [-0.2, 0) is 14.3 Å². The summed E-state index contributed by atoms with van der Waals surface area (Å²) < 4.78 is 5.66. The summed E-state index contributed by atoms with van der Waals surface area (Å²) in [7, 11) is 0. The van der Waals surface area contributed by atoms with Crippen molar-refractivity contribution >= 4 is 11.9 Å². The van der Waals surface area contributed by atoms with E-state index in [1.165, 1.54) is 0 Å². The standard InChI is InChI=1S/C16H27NO4/c1-3-11(2)10-14(18)17-7-4-12(5-8-17)15-13(16(19)20)6-9-21-15/h11-13,15H,3-10H2,1-2H3,(H,19,20)/t11?,13?,15-/m0/s1. The summed E-state index contributed by atoms with van der Waals surface area (Å²) in [5.74, 6) is -0.152. The molecule has 0 bridgehead atoms. The molecule has 0 aromatic rings. The number of hydrogen-bond donors (Lipinski definition) is 1. The number of nitrogens with zero attached hydrogens (tertiary/aromatic N) is 1. The van der Waals surface area contributed by atoms with Crippen LogP contribution in [-0.4, -0.2) is 47.7 Å². The van der Waals surface area contributed by atoms with E-state index in [1.54, 1.807) is 0 Å². The number of amides is 1. The Bertz CT molecular complexity index is 376. The first-order valence-electron chi connectivity index (χ1n) is 8.15. The fraction of sp³-hybridized carbons (Fsp3) is 0.875. The lowest BCUT2D eigenvalue weighted by Crippen LogP contribution is -2.43. The van der Waals surface area contributed by atoms with Gasteiger partial charge in [-0.3, -0.25) is 9.59 Å². The lowest BCUT2D eigenvalue weighted by molar-refractivity contribution is -0.146. The molecule has 2 aliphatic heterocycles. The molecule has 0 spiro atoms. The second-order valence-corrected chi connectivity index (χ2v) is 6.50. The molecule has 0 aliphatic carbocycles. The first kappa shape index (κ1) is 16.3.